The van der Waals surface area contributed by atoms with Gasteiger partial charge in [-0.3, -0.25) is 4.98 Å². The van der Waals surface area contributed by atoms with Crippen molar-refractivity contribution in [2.24, 2.45) is 0 Å². The van der Waals surface area contributed by atoms with Crippen molar-refractivity contribution in [2.75, 3.05) is 13.2 Å². The number of benzene rings is 1. The van der Waals surface area contributed by atoms with Crippen LogP contribution in [0.25, 0.3) is 0 Å². The number of hydrogen-bond acceptors (Lipinski definition) is 4. The van der Waals surface area contributed by atoms with Crippen LogP contribution in [-0.2, 0) is 0 Å². The molecule has 0 bridgehead atoms. The van der Waals surface area contributed by atoms with Gasteiger partial charge in [0.1, 0.15) is 13.2 Å². The summed E-state index contributed by atoms with van der Waals surface area (Å²) in [6, 6.07) is 10.6. The van der Waals surface area contributed by atoms with Crippen molar-refractivity contribution in [3.63, 3.8) is 0 Å². The first-order valence-corrected chi connectivity index (χ1v) is 7.29. The normalized spacial score (nSPS) is 16.3. The molecule has 0 spiro atoms. The first-order chi connectivity index (χ1) is 10.2. The van der Waals surface area contributed by atoms with Crippen molar-refractivity contribution in [1.29, 1.82) is 0 Å². The van der Waals surface area contributed by atoms with Gasteiger partial charge in [0.2, 0.25) is 0 Å². The van der Waals surface area contributed by atoms with Gasteiger partial charge in [-0.05, 0) is 43.2 Å². The summed E-state index contributed by atoms with van der Waals surface area (Å²) in [4.78, 5) is 4.17. The molecule has 1 aliphatic rings. The Morgan fingerprint density at radius 1 is 1.00 bits per heavy atom. The van der Waals surface area contributed by atoms with Crippen LogP contribution in [0.2, 0.25) is 0 Å². The lowest BCUT2D eigenvalue weighted by molar-refractivity contribution is 0.171. The highest BCUT2D eigenvalue weighted by Crippen LogP contribution is 2.33. The minimum Gasteiger partial charge on any atom is -0.486 e. The topological polar surface area (TPSA) is 43.4 Å². The minimum atomic E-state index is 0.219. The number of nitrogens with one attached hydrogen (secondary N) is 1. The third-order valence-electron chi connectivity index (χ3n) is 3.75. The summed E-state index contributed by atoms with van der Waals surface area (Å²) in [6.45, 7) is 5.53. The number of ether oxygens (including phenoxy) is 2. The molecule has 3 rings (SSSR count). The molecule has 1 aromatic carbocycles. The third-order valence-corrected chi connectivity index (χ3v) is 3.75. The maximum absolute atomic E-state index is 5.64. The lowest BCUT2D eigenvalue weighted by Crippen LogP contribution is -2.23. The van der Waals surface area contributed by atoms with E-state index in [1.165, 1.54) is 11.1 Å². The molecule has 110 valence electrons. The van der Waals surface area contributed by atoms with E-state index in [2.05, 4.69) is 42.3 Å². The summed E-state index contributed by atoms with van der Waals surface area (Å²) < 4.78 is 11.2. The van der Waals surface area contributed by atoms with E-state index < -0.39 is 0 Å². The molecule has 1 N–H and O–H groups in total. The second kappa shape index (κ2) is 6.14. The predicted molar refractivity (Wildman–Crippen MR) is 81.6 cm³/mol. The minimum absolute atomic E-state index is 0.219. The maximum atomic E-state index is 5.64. The summed E-state index contributed by atoms with van der Waals surface area (Å²) in [6.07, 6.45) is 3.69. The van der Waals surface area contributed by atoms with Gasteiger partial charge in [-0.25, -0.2) is 0 Å². The first-order valence-electron chi connectivity index (χ1n) is 7.29. The Morgan fingerprint density at radius 2 is 1.76 bits per heavy atom. The maximum Gasteiger partial charge on any atom is 0.161 e. The van der Waals surface area contributed by atoms with Gasteiger partial charge in [0.25, 0.3) is 0 Å². The Kier molecular flexibility index (Phi) is 4.06. The average molecular weight is 284 g/mol. The Morgan fingerprint density at radius 3 is 2.52 bits per heavy atom. The van der Waals surface area contributed by atoms with Gasteiger partial charge < -0.3 is 14.8 Å². The predicted octanol–water partition coefficient (Wildman–Crippen LogP) is 3.26. The van der Waals surface area contributed by atoms with Gasteiger partial charge >= 0.3 is 0 Å². The number of rotatable bonds is 4. The molecule has 0 saturated heterocycles. The molecule has 0 fully saturated rings. The van der Waals surface area contributed by atoms with E-state index in [4.69, 9.17) is 9.47 Å². The molecule has 21 heavy (non-hydrogen) atoms. The molecule has 4 heteroatoms. The van der Waals surface area contributed by atoms with E-state index in [1.54, 1.807) is 6.20 Å². The van der Waals surface area contributed by atoms with E-state index in [0.717, 1.165) is 11.5 Å². The molecule has 0 amide bonds. The highest BCUT2D eigenvalue weighted by molar-refractivity contribution is 5.44. The monoisotopic (exact) mass is 284 g/mol. The van der Waals surface area contributed by atoms with Gasteiger partial charge in [0.15, 0.2) is 11.5 Å². The quantitative estimate of drug-likeness (QED) is 0.936. The van der Waals surface area contributed by atoms with Crippen molar-refractivity contribution in [1.82, 2.24) is 10.3 Å². The second-order valence-electron chi connectivity index (χ2n) is 5.30. The van der Waals surface area contributed by atoms with E-state index in [9.17, 15) is 0 Å². The van der Waals surface area contributed by atoms with E-state index in [0.29, 0.717) is 13.2 Å². The van der Waals surface area contributed by atoms with Gasteiger partial charge in [-0.15, -0.1) is 0 Å². The summed E-state index contributed by atoms with van der Waals surface area (Å²) in [5.74, 6) is 1.67. The summed E-state index contributed by atoms with van der Waals surface area (Å²) in [7, 11) is 0. The Balaban J connectivity index is 1.72. The Labute approximate surface area is 125 Å². The molecule has 1 aromatic heterocycles. The average Bonchev–Trinajstić information content (AvgIpc) is 2.55. The number of nitrogens with zero attached hydrogens (tertiary/aromatic N) is 1. The van der Waals surface area contributed by atoms with Crippen LogP contribution in [0.5, 0.6) is 11.5 Å². The number of hydrogen-bond donors (Lipinski definition) is 1. The van der Waals surface area contributed by atoms with Crippen LogP contribution in [-0.4, -0.2) is 18.2 Å². The van der Waals surface area contributed by atoms with Crippen LogP contribution in [0, 0.1) is 0 Å². The van der Waals surface area contributed by atoms with E-state index in [-0.39, 0.29) is 12.1 Å². The van der Waals surface area contributed by atoms with Gasteiger partial charge in [-0.1, -0.05) is 12.1 Å². The fourth-order valence-electron chi connectivity index (χ4n) is 2.53. The molecule has 2 atom stereocenters. The van der Waals surface area contributed by atoms with Crippen molar-refractivity contribution in [3.05, 3.63) is 53.9 Å². The fourth-order valence-corrected chi connectivity index (χ4v) is 2.53. The highest BCUT2D eigenvalue weighted by atomic mass is 16.6. The fraction of sp³-hybridized carbons (Fsp3) is 0.353. The van der Waals surface area contributed by atoms with Crippen LogP contribution < -0.4 is 14.8 Å². The van der Waals surface area contributed by atoms with Gasteiger partial charge in [0, 0.05) is 24.5 Å². The second-order valence-corrected chi connectivity index (χ2v) is 5.30. The van der Waals surface area contributed by atoms with Crippen molar-refractivity contribution < 1.29 is 9.47 Å². The molecule has 1 unspecified atom stereocenters. The van der Waals surface area contributed by atoms with E-state index in [1.807, 2.05) is 18.3 Å². The van der Waals surface area contributed by atoms with Crippen LogP contribution in [0.4, 0.5) is 0 Å². The molecule has 0 aliphatic carbocycles. The van der Waals surface area contributed by atoms with Crippen molar-refractivity contribution in [2.45, 2.75) is 25.9 Å². The zero-order chi connectivity index (χ0) is 14.7. The highest BCUT2D eigenvalue weighted by Gasteiger charge is 2.16. The van der Waals surface area contributed by atoms with Crippen LogP contribution >= 0.6 is 0 Å². The Hall–Kier alpha value is -2.07. The molecule has 2 heterocycles. The van der Waals surface area contributed by atoms with E-state index >= 15 is 0 Å². The molecular weight excluding hydrogens is 264 g/mol. The smallest absolute Gasteiger partial charge is 0.161 e. The van der Waals surface area contributed by atoms with Gasteiger partial charge in [-0.2, -0.15) is 0 Å². The number of aromatic nitrogens is 1. The third kappa shape index (κ3) is 3.16. The largest absolute Gasteiger partial charge is 0.486 e. The van der Waals surface area contributed by atoms with Crippen LogP contribution in [0.1, 0.15) is 37.1 Å². The van der Waals surface area contributed by atoms with Crippen LogP contribution in [0.3, 0.4) is 0 Å². The standard InChI is InChI=1S/C17H20N2O2/c1-12(19-13(2)15-4-3-7-18-11-15)14-5-6-16-17(10-14)21-9-8-20-16/h3-7,10-13,19H,8-9H2,1-2H3/t12?,13-/m1/s1. The lowest BCUT2D eigenvalue weighted by atomic mass is 10.0. The molecule has 1 aliphatic heterocycles. The first kappa shape index (κ1) is 13.9. The van der Waals surface area contributed by atoms with Crippen LogP contribution in [0.15, 0.2) is 42.7 Å². The zero-order valence-corrected chi connectivity index (χ0v) is 12.4. The SMILES string of the molecule is CC(N[C@H](C)c1cccnc1)c1ccc2c(c1)OCCO2. The van der Waals surface area contributed by atoms with Crippen molar-refractivity contribution >= 4 is 0 Å². The lowest BCUT2D eigenvalue weighted by Gasteiger charge is -2.23. The zero-order valence-electron chi connectivity index (χ0n) is 12.4. The Bertz CT molecular complexity index is 601. The molecule has 4 nitrogen and oxygen atoms in total. The molecule has 2 aromatic rings. The molecule has 0 radical (unpaired) electrons. The summed E-state index contributed by atoms with van der Waals surface area (Å²) in [5.41, 5.74) is 2.37. The number of fused-ring (bicyclic) bond motifs is 1. The van der Waals surface area contributed by atoms with Gasteiger partial charge in [0.05, 0.1) is 0 Å². The molecule has 0 saturated carbocycles. The number of pyridine rings is 1. The molecular formula is C17H20N2O2. The summed E-state index contributed by atoms with van der Waals surface area (Å²) in [5, 5.41) is 3.58. The summed E-state index contributed by atoms with van der Waals surface area (Å²) >= 11 is 0. The van der Waals surface area contributed by atoms with Crippen molar-refractivity contribution in [3.8, 4) is 11.5 Å².